The molecule has 2 saturated heterocycles. The Morgan fingerprint density at radius 3 is 2.78 bits per heavy atom. The number of aliphatic hydroxyl groups excluding tert-OH is 1. The van der Waals surface area contributed by atoms with Crippen LogP contribution in [0.4, 0.5) is 0 Å². The number of amides is 1. The van der Waals surface area contributed by atoms with E-state index in [1.54, 1.807) is 7.11 Å². The number of rotatable bonds is 6. The summed E-state index contributed by atoms with van der Waals surface area (Å²) in [6.45, 7) is 7.99. The minimum Gasteiger partial charge on any atom is -0.396 e. The Kier molecular flexibility index (Phi) is 6.61. The van der Waals surface area contributed by atoms with Crippen LogP contribution in [0.1, 0.15) is 53.8 Å². The predicted octanol–water partition coefficient (Wildman–Crippen LogP) is 2.54. The van der Waals surface area contributed by atoms with Gasteiger partial charge in [0.05, 0.1) is 17.8 Å². The Hall–Kier alpha value is -1.37. The number of hydrogen-bond acceptors (Lipinski definition) is 4. The zero-order valence-corrected chi connectivity index (χ0v) is 17.0. The lowest BCUT2D eigenvalue weighted by Gasteiger charge is -2.46. The van der Waals surface area contributed by atoms with Crippen LogP contribution in [0.5, 0.6) is 0 Å². The molecule has 0 aliphatic carbocycles. The second-order valence-electron chi connectivity index (χ2n) is 8.12. The summed E-state index contributed by atoms with van der Waals surface area (Å²) in [7, 11) is 1.70. The van der Waals surface area contributed by atoms with Gasteiger partial charge < -0.3 is 24.0 Å². The Balaban J connectivity index is 1.63. The maximum atomic E-state index is 13.1. The molecular formula is C21H34N2O4. The Labute approximate surface area is 162 Å². The van der Waals surface area contributed by atoms with E-state index in [1.807, 2.05) is 24.8 Å². The summed E-state index contributed by atoms with van der Waals surface area (Å²) in [5.41, 5.74) is 2.84. The van der Waals surface area contributed by atoms with Crippen molar-refractivity contribution in [3.8, 4) is 0 Å². The van der Waals surface area contributed by atoms with Crippen molar-refractivity contribution in [2.75, 3.05) is 40.0 Å². The van der Waals surface area contributed by atoms with Crippen LogP contribution in [0, 0.1) is 19.8 Å². The van der Waals surface area contributed by atoms with Gasteiger partial charge in [-0.1, -0.05) is 0 Å². The standard InChI is InChI=1S/C21H34N2O4/c1-16-14-19(17(2)23(16)10-13-26-3)20(25)22-8-6-21(7-9-22)15-18(4-11-24)5-12-27-21/h14,18,24H,4-13,15H2,1-3H3. The van der Waals surface area contributed by atoms with Gasteiger partial charge in [-0.3, -0.25) is 4.79 Å². The van der Waals surface area contributed by atoms with Crippen LogP contribution < -0.4 is 0 Å². The van der Waals surface area contributed by atoms with Crippen LogP contribution in [-0.2, 0) is 16.0 Å². The van der Waals surface area contributed by atoms with Gasteiger partial charge >= 0.3 is 0 Å². The predicted molar refractivity (Wildman–Crippen MR) is 104 cm³/mol. The SMILES string of the molecule is COCCn1c(C)cc(C(=O)N2CCC3(CC2)CC(CCO)CCO3)c1C. The van der Waals surface area contributed by atoms with E-state index in [4.69, 9.17) is 9.47 Å². The van der Waals surface area contributed by atoms with E-state index >= 15 is 0 Å². The normalized spacial score (nSPS) is 22.4. The number of nitrogens with zero attached hydrogens (tertiary/aromatic N) is 2. The number of ether oxygens (including phenoxy) is 2. The molecule has 2 aliphatic rings. The van der Waals surface area contributed by atoms with Gasteiger partial charge in [0.15, 0.2) is 0 Å². The zero-order valence-electron chi connectivity index (χ0n) is 17.0. The van der Waals surface area contributed by atoms with Gasteiger partial charge in [0.2, 0.25) is 0 Å². The number of hydrogen-bond donors (Lipinski definition) is 1. The average Bonchev–Trinajstić information content (AvgIpc) is 2.94. The summed E-state index contributed by atoms with van der Waals surface area (Å²) in [5.74, 6) is 0.676. The number of methoxy groups -OCH3 is 1. The second kappa shape index (κ2) is 8.76. The maximum absolute atomic E-state index is 13.1. The molecule has 2 fully saturated rings. The number of likely N-dealkylation sites (tertiary alicyclic amines) is 1. The fraction of sp³-hybridized carbons (Fsp3) is 0.762. The topological polar surface area (TPSA) is 63.9 Å². The lowest BCUT2D eigenvalue weighted by atomic mass is 9.78. The van der Waals surface area contributed by atoms with Gasteiger partial charge in [-0.25, -0.2) is 0 Å². The zero-order chi connectivity index (χ0) is 19.4. The van der Waals surface area contributed by atoms with Crippen molar-refractivity contribution >= 4 is 5.91 Å². The number of aryl methyl sites for hydroxylation is 1. The summed E-state index contributed by atoms with van der Waals surface area (Å²) >= 11 is 0. The molecule has 6 nitrogen and oxygen atoms in total. The molecule has 1 aromatic heterocycles. The smallest absolute Gasteiger partial charge is 0.255 e. The minimum atomic E-state index is -0.0930. The Bertz CT molecular complexity index is 645. The maximum Gasteiger partial charge on any atom is 0.255 e. The van der Waals surface area contributed by atoms with E-state index < -0.39 is 0 Å². The molecule has 27 heavy (non-hydrogen) atoms. The van der Waals surface area contributed by atoms with Crippen LogP contribution in [0.25, 0.3) is 0 Å². The summed E-state index contributed by atoms with van der Waals surface area (Å²) in [6.07, 6.45) is 4.70. The molecule has 2 aliphatic heterocycles. The van der Waals surface area contributed by atoms with Crippen molar-refractivity contribution in [1.29, 1.82) is 0 Å². The number of piperidine rings is 1. The third-order valence-corrected chi connectivity index (χ3v) is 6.42. The van der Waals surface area contributed by atoms with Crippen LogP contribution in [0.2, 0.25) is 0 Å². The van der Waals surface area contributed by atoms with Gasteiger partial charge in [0, 0.05) is 51.3 Å². The first-order valence-corrected chi connectivity index (χ1v) is 10.2. The Morgan fingerprint density at radius 2 is 2.11 bits per heavy atom. The third kappa shape index (κ3) is 4.39. The molecule has 3 heterocycles. The summed E-state index contributed by atoms with van der Waals surface area (Å²) < 4.78 is 13.5. The van der Waals surface area contributed by atoms with Crippen LogP contribution in [-0.4, -0.2) is 66.1 Å². The first-order chi connectivity index (χ1) is 13.0. The molecule has 3 rings (SSSR count). The number of aromatic nitrogens is 1. The largest absolute Gasteiger partial charge is 0.396 e. The van der Waals surface area contributed by atoms with E-state index in [1.165, 1.54) is 0 Å². The third-order valence-electron chi connectivity index (χ3n) is 6.42. The first kappa shape index (κ1) is 20.4. The molecule has 152 valence electrons. The molecule has 6 heteroatoms. The lowest BCUT2D eigenvalue weighted by molar-refractivity contribution is -0.125. The van der Waals surface area contributed by atoms with E-state index in [9.17, 15) is 9.90 Å². The molecule has 1 spiro atoms. The quantitative estimate of drug-likeness (QED) is 0.826. The monoisotopic (exact) mass is 378 g/mol. The van der Waals surface area contributed by atoms with Crippen molar-refractivity contribution in [2.24, 2.45) is 5.92 Å². The average molecular weight is 379 g/mol. The number of aliphatic hydroxyl groups is 1. The number of carbonyl (C=O) groups excluding carboxylic acids is 1. The van der Waals surface area contributed by atoms with E-state index in [0.29, 0.717) is 12.5 Å². The minimum absolute atomic E-state index is 0.0930. The summed E-state index contributed by atoms with van der Waals surface area (Å²) in [5, 5.41) is 9.25. The van der Waals surface area contributed by atoms with Crippen molar-refractivity contribution < 1.29 is 19.4 Å². The molecule has 1 atom stereocenters. The molecule has 0 bridgehead atoms. The van der Waals surface area contributed by atoms with E-state index in [0.717, 1.165) is 75.3 Å². The van der Waals surface area contributed by atoms with Crippen LogP contribution in [0.3, 0.4) is 0 Å². The molecule has 0 aromatic carbocycles. The Morgan fingerprint density at radius 1 is 1.37 bits per heavy atom. The molecule has 1 amide bonds. The highest BCUT2D eigenvalue weighted by Gasteiger charge is 2.41. The fourth-order valence-electron chi connectivity index (χ4n) is 4.74. The van der Waals surface area contributed by atoms with E-state index in [-0.39, 0.29) is 18.1 Å². The van der Waals surface area contributed by atoms with Crippen LogP contribution >= 0.6 is 0 Å². The van der Waals surface area contributed by atoms with Gasteiger partial charge in [-0.05, 0) is 57.9 Å². The van der Waals surface area contributed by atoms with Crippen LogP contribution in [0.15, 0.2) is 6.07 Å². The number of carbonyl (C=O) groups is 1. The molecule has 1 aromatic rings. The molecular weight excluding hydrogens is 344 g/mol. The second-order valence-corrected chi connectivity index (χ2v) is 8.12. The molecule has 1 N–H and O–H groups in total. The van der Waals surface area contributed by atoms with E-state index in [2.05, 4.69) is 4.57 Å². The van der Waals surface area contributed by atoms with Gasteiger partial charge in [0.25, 0.3) is 5.91 Å². The molecule has 1 unspecified atom stereocenters. The van der Waals surface area contributed by atoms with Crippen molar-refractivity contribution in [2.45, 2.75) is 58.1 Å². The molecule has 0 radical (unpaired) electrons. The highest BCUT2D eigenvalue weighted by atomic mass is 16.5. The van der Waals surface area contributed by atoms with Crippen molar-refractivity contribution in [3.63, 3.8) is 0 Å². The van der Waals surface area contributed by atoms with Crippen molar-refractivity contribution in [1.82, 2.24) is 9.47 Å². The summed E-state index contributed by atoms with van der Waals surface area (Å²) in [6, 6.07) is 2.01. The highest BCUT2D eigenvalue weighted by molar-refractivity contribution is 5.95. The molecule has 0 saturated carbocycles. The fourth-order valence-corrected chi connectivity index (χ4v) is 4.74. The lowest BCUT2D eigenvalue weighted by Crippen LogP contribution is -2.50. The van der Waals surface area contributed by atoms with Gasteiger partial charge in [0.1, 0.15) is 0 Å². The summed E-state index contributed by atoms with van der Waals surface area (Å²) in [4.78, 5) is 15.1. The highest BCUT2D eigenvalue weighted by Crippen LogP contribution is 2.39. The van der Waals surface area contributed by atoms with Gasteiger partial charge in [-0.15, -0.1) is 0 Å². The van der Waals surface area contributed by atoms with Gasteiger partial charge in [-0.2, -0.15) is 0 Å². The van der Waals surface area contributed by atoms with Crippen molar-refractivity contribution in [3.05, 3.63) is 23.0 Å². The first-order valence-electron chi connectivity index (χ1n) is 10.2.